The predicted molar refractivity (Wildman–Crippen MR) is 44.0 cm³/mol. The van der Waals surface area contributed by atoms with Crippen LogP contribution in [0.3, 0.4) is 0 Å². The van der Waals surface area contributed by atoms with Crippen molar-refractivity contribution in [2.45, 2.75) is 13.8 Å². The van der Waals surface area contributed by atoms with Gasteiger partial charge in [0, 0.05) is 0 Å². The molecule has 0 spiro atoms. The van der Waals surface area contributed by atoms with Crippen molar-refractivity contribution < 1.29 is 40.9 Å². The first-order chi connectivity index (χ1) is 5.09. The van der Waals surface area contributed by atoms with Crippen LogP contribution in [-0.4, -0.2) is 11.1 Å². The first-order valence-electron chi connectivity index (χ1n) is 3.41. The van der Waals surface area contributed by atoms with Crippen molar-refractivity contribution in [3.05, 3.63) is 34.9 Å². The summed E-state index contributed by atoms with van der Waals surface area (Å²) in [6.07, 6.45) is 0. The SMILES string of the molecule is Cc1cc(C)cc(C(=O)O)c1.[H-].[Na+]. The summed E-state index contributed by atoms with van der Waals surface area (Å²) >= 11 is 0. The molecule has 0 saturated heterocycles. The number of aryl methyl sites for hydroxylation is 2. The minimum absolute atomic E-state index is 0. The van der Waals surface area contributed by atoms with Gasteiger partial charge in [-0.2, -0.15) is 0 Å². The van der Waals surface area contributed by atoms with Gasteiger partial charge in [-0.15, -0.1) is 0 Å². The molecule has 0 aliphatic heterocycles. The standard InChI is InChI=1S/C9H10O2.Na.H/c1-6-3-7(2)5-8(4-6)9(10)11;;/h3-5H,1-2H3,(H,10,11);;/q;+1;-1. The number of hydrogen-bond acceptors (Lipinski definition) is 1. The minimum Gasteiger partial charge on any atom is -1.00 e. The largest absolute Gasteiger partial charge is 1.00 e. The Morgan fingerprint density at radius 3 is 2.00 bits per heavy atom. The van der Waals surface area contributed by atoms with Crippen molar-refractivity contribution in [1.82, 2.24) is 0 Å². The smallest absolute Gasteiger partial charge is 1.00 e. The van der Waals surface area contributed by atoms with Crippen molar-refractivity contribution in [2.24, 2.45) is 0 Å². The van der Waals surface area contributed by atoms with E-state index in [9.17, 15) is 4.79 Å². The van der Waals surface area contributed by atoms with Gasteiger partial charge in [-0.25, -0.2) is 4.79 Å². The topological polar surface area (TPSA) is 37.3 Å². The van der Waals surface area contributed by atoms with Gasteiger partial charge in [0.25, 0.3) is 0 Å². The van der Waals surface area contributed by atoms with Gasteiger partial charge in [0.05, 0.1) is 5.56 Å². The summed E-state index contributed by atoms with van der Waals surface area (Å²) in [5, 5.41) is 8.63. The first kappa shape index (κ1) is 11.7. The molecule has 0 aliphatic carbocycles. The zero-order chi connectivity index (χ0) is 8.43. The van der Waals surface area contributed by atoms with Crippen molar-refractivity contribution in [3.8, 4) is 0 Å². The van der Waals surface area contributed by atoms with Gasteiger partial charge in [-0.1, -0.05) is 17.2 Å². The maximum atomic E-state index is 10.5. The van der Waals surface area contributed by atoms with Gasteiger partial charge >= 0.3 is 35.5 Å². The summed E-state index contributed by atoms with van der Waals surface area (Å²) in [5.74, 6) is -0.864. The number of carbonyl (C=O) groups is 1. The number of rotatable bonds is 1. The van der Waals surface area contributed by atoms with Gasteiger partial charge in [0.15, 0.2) is 0 Å². The van der Waals surface area contributed by atoms with Crippen molar-refractivity contribution in [3.63, 3.8) is 0 Å². The Kier molecular flexibility index (Phi) is 4.53. The first-order valence-corrected chi connectivity index (χ1v) is 3.41. The van der Waals surface area contributed by atoms with Gasteiger partial charge < -0.3 is 6.53 Å². The molecule has 0 unspecified atom stereocenters. The monoisotopic (exact) mass is 174 g/mol. The van der Waals surface area contributed by atoms with E-state index in [2.05, 4.69) is 0 Å². The summed E-state index contributed by atoms with van der Waals surface area (Å²) in [7, 11) is 0. The second-order valence-electron chi connectivity index (χ2n) is 2.68. The van der Waals surface area contributed by atoms with Gasteiger partial charge in [0.1, 0.15) is 0 Å². The molecular weight excluding hydrogens is 163 g/mol. The van der Waals surface area contributed by atoms with Crippen molar-refractivity contribution in [1.29, 1.82) is 0 Å². The molecule has 12 heavy (non-hydrogen) atoms. The van der Waals surface area contributed by atoms with Crippen LogP contribution in [0.15, 0.2) is 18.2 Å². The van der Waals surface area contributed by atoms with Crippen LogP contribution in [0.5, 0.6) is 0 Å². The summed E-state index contributed by atoms with van der Waals surface area (Å²) in [6, 6.07) is 5.27. The molecule has 0 fully saturated rings. The van der Waals surface area contributed by atoms with E-state index < -0.39 is 5.97 Å². The van der Waals surface area contributed by atoms with Crippen LogP contribution < -0.4 is 29.6 Å². The van der Waals surface area contributed by atoms with Gasteiger partial charge in [-0.05, 0) is 26.0 Å². The summed E-state index contributed by atoms with van der Waals surface area (Å²) < 4.78 is 0. The van der Waals surface area contributed by atoms with Crippen LogP contribution in [0.1, 0.15) is 22.9 Å². The van der Waals surface area contributed by atoms with Gasteiger partial charge in [0.2, 0.25) is 0 Å². The van der Waals surface area contributed by atoms with Crippen molar-refractivity contribution in [2.75, 3.05) is 0 Å². The fourth-order valence-electron chi connectivity index (χ4n) is 1.10. The van der Waals surface area contributed by atoms with Crippen LogP contribution in [0.4, 0.5) is 0 Å². The molecule has 1 rings (SSSR count). The number of aromatic carboxylic acids is 1. The third kappa shape index (κ3) is 2.97. The quantitative estimate of drug-likeness (QED) is 0.561. The zero-order valence-corrected chi connectivity index (χ0v) is 9.59. The second kappa shape index (κ2) is 4.65. The molecular formula is C9H11NaO2. The Hall–Kier alpha value is -0.310. The van der Waals surface area contributed by atoms with E-state index in [0.717, 1.165) is 11.1 Å². The van der Waals surface area contributed by atoms with E-state index in [4.69, 9.17) is 5.11 Å². The van der Waals surface area contributed by atoms with Crippen molar-refractivity contribution >= 4 is 5.97 Å². The van der Waals surface area contributed by atoms with E-state index >= 15 is 0 Å². The predicted octanol–water partition coefficient (Wildman–Crippen LogP) is -0.882. The molecule has 0 amide bonds. The maximum Gasteiger partial charge on any atom is 1.00 e. The van der Waals surface area contributed by atoms with E-state index in [1.807, 2.05) is 19.9 Å². The zero-order valence-electron chi connectivity index (χ0n) is 8.59. The maximum absolute atomic E-state index is 10.5. The fourth-order valence-corrected chi connectivity index (χ4v) is 1.10. The van der Waals surface area contributed by atoms with Crippen LogP contribution in [0.2, 0.25) is 0 Å². The van der Waals surface area contributed by atoms with Gasteiger partial charge in [-0.3, -0.25) is 0 Å². The molecule has 0 radical (unpaired) electrons. The van der Waals surface area contributed by atoms with Crippen LogP contribution in [0, 0.1) is 13.8 Å². The minimum atomic E-state index is -0.864. The Morgan fingerprint density at radius 2 is 1.67 bits per heavy atom. The molecule has 1 aromatic rings. The second-order valence-corrected chi connectivity index (χ2v) is 2.68. The van der Waals surface area contributed by atoms with E-state index in [1.165, 1.54) is 0 Å². The molecule has 2 nitrogen and oxygen atoms in total. The molecule has 1 aromatic carbocycles. The molecule has 0 atom stereocenters. The van der Waals surface area contributed by atoms with Crippen LogP contribution in [0.25, 0.3) is 0 Å². The van der Waals surface area contributed by atoms with E-state index in [-0.39, 0.29) is 31.0 Å². The molecule has 60 valence electrons. The summed E-state index contributed by atoms with van der Waals surface area (Å²) in [5.41, 5.74) is 2.34. The average Bonchev–Trinajstić information content (AvgIpc) is 1.85. The van der Waals surface area contributed by atoms with Crippen LogP contribution >= 0.6 is 0 Å². The molecule has 0 saturated carbocycles. The number of carboxylic acids is 1. The van der Waals surface area contributed by atoms with E-state index in [1.54, 1.807) is 12.1 Å². The molecule has 0 heterocycles. The fraction of sp³-hybridized carbons (Fsp3) is 0.222. The Balaban J connectivity index is 0. The molecule has 0 aliphatic rings. The normalized spacial score (nSPS) is 8.83. The summed E-state index contributed by atoms with van der Waals surface area (Å²) in [4.78, 5) is 10.5. The van der Waals surface area contributed by atoms with E-state index in [0.29, 0.717) is 5.56 Å². The molecule has 3 heteroatoms. The number of carboxylic acid groups (broad SMARTS) is 1. The number of hydrogen-bond donors (Lipinski definition) is 1. The Bertz CT molecular complexity index is 279. The molecule has 0 aromatic heterocycles. The number of benzene rings is 1. The average molecular weight is 174 g/mol. The Labute approximate surface area is 95.4 Å². The summed E-state index contributed by atoms with van der Waals surface area (Å²) in [6.45, 7) is 3.78. The molecule has 1 N–H and O–H groups in total. The molecule has 0 bridgehead atoms. The third-order valence-corrected chi connectivity index (χ3v) is 1.47. The third-order valence-electron chi connectivity index (χ3n) is 1.47. The Morgan fingerprint density at radius 1 is 1.25 bits per heavy atom. The van der Waals surface area contributed by atoms with Crippen LogP contribution in [-0.2, 0) is 0 Å².